The maximum absolute atomic E-state index is 4.60. The minimum absolute atomic E-state index is 0.677. The van der Waals surface area contributed by atoms with Crippen molar-refractivity contribution in [3.8, 4) is 0 Å². The quantitative estimate of drug-likeness (QED) is 0.271. The normalized spacial score (nSPS) is 9.80. The molecule has 0 heterocycles. The van der Waals surface area contributed by atoms with E-state index in [0.717, 1.165) is 0 Å². The van der Waals surface area contributed by atoms with Crippen LogP contribution in [0, 0.1) is 0 Å². The molecule has 0 atom stereocenters. The van der Waals surface area contributed by atoms with Gasteiger partial charge in [-0.05, 0) is 6.92 Å². The van der Waals surface area contributed by atoms with Crippen LogP contribution in [0.1, 0.15) is 6.92 Å². The van der Waals surface area contributed by atoms with E-state index >= 15 is 0 Å². The monoisotopic (exact) mass is 73.1 g/mol. The lowest BCUT2D eigenvalue weighted by Crippen LogP contribution is -1.74. The largest absolute Gasteiger partial charge is 0.305 e. The summed E-state index contributed by atoms with van der Waals surface area (Å²) in [6.45, 7) is 2.55. The minimum atomic E-state index is 0.677. The van der Waals surface area contributed by atoms with E-state index in [1.165, 1.54) is 0 Å². The van der Waals surface area contributed by atoms with Crippen molar-refractivity contribution < 1.29 is 0 Å². The van der Waals surface area contributed by atoms with E-state index in [9.17, 15) is 0 Å². The van der Waals surface area contributed by atoms with Gasteiger partial charge in [0.1, 0.15) is 0 Å². The van der Waals surface area contributed by atoms with Gasteiger partial charge in [0.25, 0.3) is 0 Å². The van der Waals surface area contributed by atoms with Crippen molar-refractivity contribution >= 4 is 0 Å². The van der Waals surface area contributed by atoms with Crippen molar-refractivity contribution in [2.24, 2.45) is 16.2 Å². The number of hydrogen-bond donors (Lipinski definition) is 1. The average Bonchev–Trinajstić information content (AvgIpc) is 1.41. The van der Waals surface area contributed by atoms with E-state index in [2.05, 4.69) is 16.2 Å². The zero-order valence-electron chi connectivity index (χ0n) is 3.18. The second-order valence-electron chi connectivity index (χ2n) is 0.573. The van der Waals surface area contributed by atoms with Crippen LogP contribution in [0.2, 0.25) is 0 Å². The Bertz CT molecular complexity index is 31.9. The number of nitrogens with two attached hydrogens (primary N) is 1. The lowest BCUT2D eigenvalue weighted by molar-refractivity contribution is 0.927. The molecule has 0 fully saturated rings. The molecule has 0 aromatic rings. The Balaban J connectivity index is 2.62. The summed E-state index contributed by atoms with van der Waals surface area (Å²) in [5.41, 5.74) is 0. The molecular formula is C2H7N3. The van der Waals surface area contributed by atoms with Crippen molar-refractivity contribution in [1.82, 2.24) is 0 Å². The van der Waals surface area contributed by atoms with Gasteiger partial charge in [0.05, 0.1) is 6.54 Å². The van der Waals surface area contributed by atoms with Crippen LogP contribution in [0.4, 0.5) is 0 Å². The molecule has 0 saturated carbocycles. The zero-order chi connectivity index (χ0) is 4.12. The number of hydrogen-bond acceptors (Lipinski definition) is 2. The van der Waals surface area contributed by atoms with Crippen molar-refractivity contribution in [1.29, 1.82) is 0 Å². The molecule has 0 spiro atoms. The van der Waals surface area contributed by atoms with Gasteiger partial charge in [0.15, 0.2) is 0 Å². The van der Waals surface area contributed by atoms with Crippen LogP contribution in [0.5, 0.6) is 0 Å². The Morgan fingerprint density at radius 3 is 2.40 bits per heavy atom. The van der Waals surface area contributed by atoms with E-state index in [1.807, 2.05) is 6.92 Å². The fourth-order valence-electron chi connectivity index (χ4n) is 0.0816. The lowest BCUT2D eigenvalue weighted by atomic mass is 10.8. The van der Waals surface area contributed by atoms with Crippen LogP contribution in [0.3, 0.4) is 0 Å². The number of nitrogens with zero attached hydrogens (tertiary/aromatic N) is 2. The van der Waals surface area contributed by atoms with Crippen molar-refractivity contribution in [3.63, 3.8) is 0 Å². The maximum atomic E-state index is 4.60. The van der Waals surface area contributed by atoms with Gasteiger partial charge in [-0.25, -0.2) is 0 Å². The molecule has 0 unspecified atom stereocenters. The average molecular weight is 73.1 g/mol. The van der Waals surface area contributed by atoms with Gasteiger partial charge in [-0.3, -0.25) is 0 Å². The van der Waals surface area contributed by atoms with Crippen LogP contribution in [0.25, 0.3) is 0 Å². The van der Waals surface area contributed by atoms with E-state index in [0.29, 0.717) is 6.54 Å². The molecule has 0 radical (unpaired) electrons. The SMILES string of the molecule is CC/N=N/N. The minimum Gasteiger partial charge on any atom is -0.305 e. The van der Waals surface area contributed by atoms with Crippen LogP contribution in [0.15, 0.2) is 10.3 Å². The third-order valence-electron chi connectivity index (χ3n) is 0.223. The number of rotatable bonds is 1. The lowest BCUT2D eigenvalue weighted by Gasteiger charge is -1.66. The summed E-state index contributed by atoms with van der Waals surface area (Å²) in [6, 6.07) is 0. The van der Waals surface area contributed by atoms with Gasteiger partial charge in [-0.1, -0.05) is 5.22 Å². The molecule has 30 valence electrons. The maximum Gasteiger partial charge on any atom is 0.0591 e. The van der Waals surface area contributed by atoms with Gasteiger partial charge < -0.3 is 5.84 Å². The van der Waals surface area contributed by atoms with Gasteiger partial charge in [-0.15, -0.1) is 0 Å². The molecule has 0 aliphatic rings. The summed E-state index contributed by atoms with van der Waals surface area (Å²) < 4.78 is 0. The molecule has 0 aromatic carbocycles. The third-order valence-corrected chi connectivity index (χ3v) is 0.223. The third kappa shape index (κ3) is 3.40. The summed E-state index contributed by atoms with van der Waals surface area (Å²) in [4.78, 5) is 0. The standard InChI is InChI=1S/C2H7N3/c1-2-4-5-3/h2H2,1H3,(H2,3,4). The predicted octanol–water partition coefficient (Wildman–Crippen LogP) is 0.332. The Morgan fingerprint density at radius 1 is 1.80 bits per heavy atom. The van der Waals surface area contributed by atoms with Crippen molar-refractivity contribution in [2.45, 2.75) is 6.92 Å². The van der Waals surface area contributed by atoms with Gasteiger partial charge >= 0.3 is 0 Å². The van der Waals surface area contributed by atoms with Crippen LogP contribution < -0.4 is 5.84 Å². The molecular weight excluding hydrogens is 66.0 g/mol. The van der Waals surface area contributed by atoms with E-state index in [1.54, 1.807) is 0 Å². The van der Waals surface area contributed by atoms with Crippen LogP contribution in [-0.2, 0) is 0 Å². The highest BCUT2D eigenvalue weighted by molar-refractivity contribution is 4.14. The smallest absolute Gasteiger partial charge is 0.0591 e. The first-order valence-corrected chi connectivity index (χ1v) is 1.48. The molecule has 0 aromatic heterocycles. The van der Waals surface area contributed by atoms with Crippen LogP contribution >= 0.6 is 0 Å². The van der Waals surface area contributed by atoms with Crippen LogP contribution in [-0.4, -0.2) is 6.54 Å². The Hall–Kier alpha value is -0.600. The Morgan fingerprint density at radius 2 is 2.40 bits per heavy atom. The van der Waals surface area contributed by atoms with Crippen molar-refractivity contribution in [2.75, 3.05) is 6.54 Å². The highest BCUT2D eigenvalue weighted by atomic mass is 15.3. The van der Waals surface area contributed by atoms with E-state index < -0.39 is 0 Å². The van der Waals surface area contributed by atoms with Gasteiger partial charge in [-0.2, -0.15) is 5.11 Å². The highest BCUT2D eigenvalue weighted by Crippen LogP contribution is 1.59. The fourth-order valence-corrected chi connectivity index (χ4v) is 0.0816. The van der Waals surface area contributed by atoms with Gasteiger partial charge in [0, 0.05) is 0 Å². The molecule has 0 rings (SSSR count). The molecule has 0 bridgehead atoms. The fraction of sp³-hybridized carbons (Fsp3) is 1.00. The molecule has 3 nitrogen and oxygen atoms in total. The molecule has 0 amide bonds. The summed E-state index contributed by atoms with van der Waals surface area (Å²) >= 11 is 0. The Kier molecular flexibility index (Phi) is 2.99. The second kappa shape index (κ2) is 3.40. The first-order chi connectivity index (χ1) is 2.41. The van der Waals surface area contributed by atoms with E-state index in [-0.39, 0.29) is 0 Å². The van der Waals surface area contributed by atoms with Crippen molar-refractivity contribution in [3.05, 3.63) is 0 Å². The van der Waals surface area contributed by atoms with E-state index in [4.69, 9.17) is 0 Å². The topological polar surface area (TPSA) is 50.7 Å². The molecule has 0 aliphatic heterocycles. The first-order valence-electron chi connectivity index (χ1n) is 1.48. The molecule has 3 heteroatoms. The summed E-state index contributed by atoms with van der Waals surface area (Å²) in [7, 11) is 0. The zero-order valence-corrected chi connectivity index (χ0v) is 3.18. The molecule has 0 aliphatic carbocycles. The molecule has 5 heavy (non-hydrogen) atoms. The second-order valence-corrected chi connectivity index (χ2v) is 0.573. The molecule has 2 N–H and O–H groups in total. The predicted molar refractivity (Wildman–Crippen MR) is 19.6 cm³/mol. The highest BCUT2D eigenvalue weighted by Gasteiger charge is 1.52. The molecule has 0 saturated heterocycles. The summed E-state index contributed by atoms with van der Waals surface area (Å²) in [5, 5.41) is 6.35. The Labute approximate surface area is 30.9 Å². The first kappa shape index (κ1) is 4.40. The summed E-state index contributed by atoms with van der Waals surface area (Å²) in [6.07, 6.45) is 0. The summed E-state index contributed by atoms with van der Waals surface area (Å²) in [5.74, 6) is 4.60. The van der Waals surface area contributed by atoms with Gasteiger partial charge in [0.2, 0.25) is 0 Å².